The summed E-state index contributed by atoms with van der Waals surface area (Å²) < 4.78 is 13.8. The molecule has 2 rings (SSSR count). The number of rotatable bonds is 2. The molecule has 94 valence electrons. The molecule has 0 aromatic heterocycles. The summed E-state index contributed by atoms with van der Waals surface area (Å²) in [6.45, 7) is 3.51. The molecule has 2 nitrogen and oxygen atoms in total. The van der Waals surface area contributed by atoms with Gasteiger partial charge in [0, 0.05) is 13.0 Å². The van der Waals surface area contributed by atoms with Crippen LogP contribution < -0.4 is 5.32 Å². The second-order valence-electron chi connectivity index (χ2n) is 4.85. The van der Waals surface area contributed by atoms with E-state index < -0.39 is 11.4 Å². The minimum Gasteiger partial charge on any atom is -0.389 e. The van der Waals surface area contributed by atoms with E-state index in [4.69, 9.17) is 11.6 Å². The van der Waals surface area contributed by atoms with Crippen molar-refractivity contribution in [3.63, 3.8) is 0 Å². The highest BCUT2D eigenvalue weighted by Crippen LogP contribution is 2.30. The number of benzene rings is 1. The zero-order chi connectivity index (χ0) is 12.5. The van der Waals surface area contributed by atoms with Crippen LogP contribution in [0.5, 0.6) is 0 Å². The minimum atomic E-state index is -0.837. The van der Waals surface area contributed by atoms with Gasteiger partial charge in [-0.3, -0.25) is 0 Å². The Kier molecular flexibility index (Phi) is 3.71. The molecule has 0 radical (unpaired) electrons. The third-order valence-corrected chi connectivity index (χ3v) is 3.92. The Hall–Kier alpha value is -0.640. The van der Waals surface area contributed by atoms with Gasteiger partial charge in [-0.05, 0) is 30.5 Å². The zero-order valence-electron chi connectivity index (χ0n) is 9.84. The molecule has 0 amide bonds. The first-order valence-corrected chi connectivity index (χ1v) is 6.27. The Morgan fingerprint density at radius 2 is 2.35 bits per heavy atom. The van der Waals surface area contributed by atoms with Crippen LogP contribution in [-0.2, 0) is 6.42 Å². The largest absolute Gasteiger partial charge is 0.389 e. The molecule has 4 heteroatoms. The van der Waals surface area contributed by atoms with Gasteiger partial charge in [-0.15, -0.1) is 0 Å². The van der Waals surface area contributed by atoms with Crippen molar-refractivity contribution in [2.45, 2.75) is 25.4 Å². The van der Waals surface area contributed by atoms with Gasteiger partial charge in [0.25, 0.3) is 0 Å². The Morgan fingerprint density at radius 1 is 1.59 bits per heavy atom. The lowest BCUT2D eigenvalue weighted by atomic mass is 9.78. The lowest BCUT2D eigenvalue weighted by molar-refractivity contribution is -0.0335. The summed E-state index contributed by atoms with van der Waals surface area (Å²) in [4.78, 5) is 0. The molecule has 0 saturated carbocycles. The Labute approximate surface area is 106 Å². The summed E-state index contributed by atoms with van der Waals surface area (Å²) >= 11 is 5.74. The molecular weight excluding hydrogens is 241 g/mol. The van der Waals surface area contributed by atoms with Crippen LogP contribution in [0.4, 0.5) is 4.39 Å². The van der Waals surface area contributed by atoms with E-state index in [9.17, 15) is 9.50 Å². The third-order valence-electron chi connectivity index (χ3n) is 3.63. The predicted molar refractivity (Wildman–Crippen MR) is 66.7 cm³/mol. The van der Waals surface area contributed by atoms with Crippen LogP contribution >= 0.6 is 11.6 Å². The van der Waals surface area contributed by atoms with Crippen molar-refractivity contribution in [2.24, 2.45) is 5.92 Å². The van der Waals surface area contributed by atoms with Crippen LogP contribution in [0.1, 0.15) is 18.9 Å². The lowest BCUT2D eigenvalue weighted by Gasteiger charge is -2.38. The van der Waals surface area contributed by atoms with Gasteiger partial charge in [0.05, 0.1) is 10.6 Å². The SMILES string of the molecule is CC1CNCCC1(O)Cc1cccc(Cl)c1F. The Balaban J connectivity index is 2.22. The van der Waals surface area contributed by atoms with Gasteiger partial charge < -0.3 is 10.4 Å². The van der Waals surface area contributed by atoms with Crippen molar-refractivity contribution in [2.75, 3.05) is 13.1 Å². The van der Waals surface area contributed by atoms with Crippen molar-refractivity contribution in [3.05, 3.63) is 34.6 Å². The number of hydrogen-bond donors (Lipinski definition) is 2. The predicted octanol–water partition coefficient (Wildman–Crippen LogP) is 2.38. The highest BCUT2D eigenvalue weighted by molar-refractivity contribution is 6.30. The standard InChI is InChI=1S/C13H17ClFNO/c1-9-8-16-6-5-13(9,17)7-10-3-2-4-11(14)12(10)15/h2-4,9,16-17H,5-8H2,1H3. The van der Waals surface area contributed by atoms with E-state index in [1.165, 1.54) is 6.07 Å². The second-order valence-corrected chi connectivity index (χ2v) is 5.26. The highest BCUT2D eigenvalue weighted by atomic mass is 35.5. The minimum absolute atomic E-state index is 0.106. The molecule has 1 heterocycles. The maximum Gasteiger partial charge on any atom is 0.145 e. The van der Waals surface area contributed by atoms with Crippen LogP contribution in [0, 0.1) is 11.7 Å². The van der Waals surface area contributed by atoms with Gasteiger partial charge in [0.15, 0.2) is 0 Å². The topological polar surface area (TPSA) is 32.3 Å². The zero-order valence-corrected chi connectivity index (χ0v) is 10.6. The van der Waals surface area contributed by atoms with Gasteiger partial charge in [-0.2, -0.15) is 0 Å². The molecule has 1 aromatic rings. The molecule has 0 bridgehead atoms. The monoisotopic (exact) mass is 257 g/mol. The van der Waals surface area contributed by atoms with Gasteiger partial charge in [0.1, 0.15) is 5.82 Å². The van der Waals surface area contributed by atoms with Crippen molar-refractivity contribution in [1.29, 1.82) is 0 Å². The molecule has 2 N–H and O–H groups in total. The van der Waals surface area contributed by atoms with E-state index in [-0.39, 0.29) is 10.9 Å². The molecule has 0 spiro atoms. The maximum atomic E-state index is 13.8. The molecular formula is C13H17ClFNO. The van der Waals surface area contributed by atoms with E-state index in [1.54, 1.807) is 12.1 Å². The van der Waals surface area contributed by atoms with Crippen molar-refractivity contribution < 1.29 is 9.50 Å². The molecule has 1 fully saturated rings. The maximum absolute atomic E-state index is 13.8. The van der Waals surface area contributed by atoms with E-state index >= 15 is 0 Å². The van der Waals surface area contributed by atoms with E-state index in [2.05, 4.69) is 5.32 Å². The third kappa shape index (κ3) is 2.62. The summed E-state index contributed by atoms with van der Waals surface area (Å²) in [5.41, 5.74) is -0.342. The van der Waals surface area contributed by atoms with Gasteiger partial charge >= 0.3 is 0 Å². The van der Waals surface area contributed by atoms with Crippen LogP contribution in [0.3, 0.4) is 0 Å². The van der Waals surface area contributed by atoms with E-state index in [1.807, 2.05) is 6.92 Å². The van der Waals surface area contributed by atoms with Gasteiger partial charge in [0.2, 0.25) is 0 Å². The van der Waals surface area contributed by atoms with Crippen molar-refractivity contribution >= 4 is 11.6 Å². The smallest absolute Gasteiger partial charge is 0.145 e. The molecule has 2 unspecified atom stereocenters. The summed E-state index contributed by atoms with van der Waals surface area (Å²) in [6, 6.07) is 4.93. The Bertz CT molecular complexity index is 412. The van der Waals surface area contributed by atoms with Crippen LogP contribution in [0.25, 0.3) is 0 Å². The number of aliphatic hydroxyl groups is 1. The summed E-state index contributed by atoms with van der Waals surface area (Å²) in [5.74, 6) is -0.303. The van der Waals surface area contributed by atoms with Crippen LogP contribution in [0.2, 0.25) is 5.02 Å². The Morgan fingerprint density at radius 3 is 3.06 bits per heavy atom. The molecule has 0 aliphatic carbocycles. The van der Waals surface area contributed by atoms with Crippen molar-refractivity contribution in [1.82, 2.24) is 5.32 Å². The number of halogens is 2. The first-order valence-electron chi connectivity index (χ1n) is 5.89. The second kappa shape index (κ2) is 4.92. The molecule has 1 saturated heterocycles. The van der Waals surface area contributed by atoms with Crippen LogP contribution in [-0.4, -0.2) is 23.8 Å². The van der Waals surface area contributed by atoms with Crippen molar-refractivity contribution in [3.8, 4) is 0 Å². The number of piperidine rings is 1. The number of hydrogen-bond acceptors (Lipinski definition) is 2. The molecule has 1 aliphatic heterocycles. The fourth-order valence-electron chi connectivity index (χ4n) is 2.34. The fraction of sp³-hybridized carbons (Fsp3) is 0.538. The number of nitrogens with one attached hydrogen (secondary N) is 1. The molecule has 1 aliphatic rings. The quantitative estimate of drug-likeness (QED) is 0.853. The first kappa shape index (κ1) is 12.8. The summed E-state index contributed by atoms with van der Waals surface area (Å²) in [7, 11) is 0. The summed E-state index contributed by atoms with van der Waals surface area (Å²) in [5, 5.41) is 13.9. The molecule has 17 heavy (non-hydrogen) atoms. The fourth-order valence-corrected chi connectivity index (χ4v) is 2.53. The van der Waals surface area contributed by atoms with Gasteiger partial charge in [-0.25, -0.2) is 4.39 Å². The van der Waals surface area contributed by atoms with Gasteiger partial charge in [-0.1, -0.05) is 30.7 Å². The average molecular weight is 258 g/mol. The average Bonchev–Trinajstić information content (AvgIpc) is 2.29. The molecule has 2 atom stereocenters. The lowest BCUT2D eigenvalue weighted by Crippen LogP contribution is -2.50. The summed E-state index contributed by atoms with van der Waals surface area (Å²) in [6.07, 6.45) is 0.961. The van der Waals surface area contributed by atoms with E-state index in [0.29, 0.717) is 18.4 Å². The van der Waals surface area contributed by atoms with Crippen LogP contribution in [0.15, 0.2) is 18.2 Å². The van der Waals surface area contributed by atoms with E-state index in [0.717, 1.165) is 13.1 Å². The molecule has 1 aromatic carbocycles. The highest BCUT2D eigenvalue weighted by Gasteiger charge is 2.36. The normalized spacial score (nSPS) is 29.3. The first-order chi connectivity index (χ1) is 8.03.